The maximum atomic E-state index is 12.4. The number of amides is 1. The van der Waals surface area contributed by atoms with Gasteiger partial charge < -0.3 is 14.7 Å². The fraction of sp³-hybridized carbons (Fsp3) is 0.562. The molecule has 0 bridgehead atoms. The van der Waals surface area contributed by atoms with Crippen molar-refractivity contribution in [1.82, 2.24) is 4.90 Å². The molecular formula is C16H23NO3. The summed E-state index contributed by atoms with van der Waals surface area (Å²) in [4.78, 5) is 14.2. The molecule has 1 saturated carbocycles. The van der Waals surface area contributed by atoms with Gasteiger partial charge in [0.05, 0.1) is 19.3 Å². The zero-order valence-corrected chi connectivity index (χ0v) is 12.2. The van der Waals surface area contributed by atoms with Crippen LogP contribution in [-0.2, 0) is 11.3 Å². The fourth-order valence-corrected chi connectivity index (χ4v) is 2.12. The predicted octanol–water partition coefficient (Wildman–Crippen LogP) is 2.21. The Bertz CT molecular complexity index is 438. The van der Waals surface area contributed by atoms with E-state index >= 15 is 0 Å². The Kier molecular flexibility index (Phi) is 5.15. The summed E-state index contributed by atoms with van der Waals surface area (Å²) in [6.07, 6.45) is 2.30. The first-order valence-corrected chi connectivity index (χ1v) is 7.24. The molecule has 1 amide bonds. The summed E-state index contributed by atoms with van der Waals surface area (Å²) in [6, 6.07) is 7.86. The molecule has 0 aromatic heterocycles. The van der Waals surface area contributed by atoms with Gasteiger partial charge in [0.25, 0.3) is 5.91 Å². The third-order valence-electron chi connectivity index (χ3n) is 3.37. The second kappa shape index (κ2) is 6.86. The quantitative estimate of drug-likeness (QED) is 0.831. The van der Waals surface area contributed by atoms with Crippen molar-refractivity contribution in [3.05, 3.63) is 35.4 Å². The minimum Gasteiger partial charge on any atom is -0.395 e. The molecule has 0 saturated heterocycles. The average Bonchev–Trinajstić information content (AvgIpc) is 3.27. The normalized spacial score (nSPS) is 14.6. The number of ether oxygens (including phenoxy) is 1. The predicted molar refractivity (Wildman–Crippen MR) is 77.5 cm³/mol. The molecule has 0 atom stereocenters. The van der Waals surface area contributed by atoms with Crippen molar-refractivity contribution < 1.29 is 14.6 Å². The summed E-state index contributed by atoms with van der Waals surface area (Å²) in [5.41, 5.74) is 1.74. The Hall–Kier alpha value is -1.39. The minimum atomic E-state index is 0.0119. The van der Waals surface area contributed by atoms with E-state index < -0.39 is 0 Å². The van der Waals surface area contributed by atoms with Gasteiger partial charge in [-0.3, -0.25) is 4.79 Å². The lowest BCUT2D eigenvalue weighted by Crippen LogP contribution is -2.35. The van der Waals surface area contributed by atoms with E-state index in [2.05, 4.69) is 0 Å². The van der Waals surface area contributed by atoms with Crippen molar-refractivity contribution in [2.45, 2.75) is 45.4 Å². The first-order chi connectivity index (χ1) is 9.61. The van der Waals surface area contributed by atoms with Crippen molar-refractivity contribution in [1.29, 1.82) is 0 Å². The van der Waals surface area contributed by atoms with Gasteiger partial charge in [-0.05, 0) is 44.4 Å². The van der Waals surface area contributed by atoms with Crippen LogP contribution in [0.3, 0.4) is 0 Å². The van der Waals surface area contributed by atoms with Gasteiger partial charge in [0.1, 0.15) is 0 Å². The number of hydrogen-bond acceptors (Lipinski definition) is 3. The SMILES string of the molecule is CC(C)OCc1ccc(C(=O)N(CCO)C2CC2)cc1. The van der Waals surface area contributed by atoms with Crippen molar-refractivity contribution in [3.63, 3.8) is 0 Å². The molecule has 20 heavy (non-hydrogen) atoms. The van der Waals surface area contributed by atoms with Gasteiger partial charge in [-0.2, -0.15) is 0 Å². The molecule has 1 aromatic rings. The van der Waals surface area contributed by atoms with Crippen LogP contribution < -0.4 is 0 Å². The largest absolute Gasteiger partial charge is 0.395 e. The third-order valence-corrected chi connectivity index (χ3v) is 3.37. The lowest BCUT2D eigenvalue weighted by Gasteiger charge is -2.21. The number of rotatable bonds is 7. The van der Waals surface area contributed by atoms with E-state index in [4.69, 9.17) is 9.84 Å². The van der Waals surface area contributed by atoms with Crippen LogP contribution in [0, 0.1) is 0 Å². The molecule has 0 spiro atoms. The molecule has 0 radical (unpaired) electrons. The van der Waals surface area contributed by atoms with E-state index in [0.29, 0.717) is 24.8 Å². The van der Waals surface area contributed by atoms with Gasteiger partial charge in [0, 0.05) is 18.2 Å². The van der Waals surface area contributed by atoms with Crippen LogP contribution >= 0.6 is 0 Å². The third kappa shape index (κ3) is 4.05. The molecule has 1 aliphatic rings. The molecule has 110 valence electrons. The summed E-state index contributed by atoms with van der Waals surface area (Å²) < 4.78 is 5.53. The van der Waals surface area contributed by atoms with E-state index in [0.717, 1.165) is 18.4 Å². The number of nitrogens with zero attached hydrogens (tertiary/aromatic N) is 1. The molecule has 1 aliphatic carbocycles. The van der Waals surface area contributed by atoms with Crippen molar-refractivity contribution >= 4 is 5.91 Å². The van der Waals surface area contributed by atoms with E-state index in [-0.39, 0.29) is 18.6 Å². The number of aliphatic hydroxyl groups excluding tert-OH is 1. The first kappa shape index (κ1) is 15.0. The zero-order chi connectivity index (χ0) is 14.5. The van der Waals surface area contributed by atoms with Crippen molar-refractivity contribution in [2.75, 3.05) is 13.2 Å². The smallest absolute Gasteiger partial charge is 0.254 e. The Balaban J connectivity index is 1.99. The molecule has 0 unspecified atom stereocenters. The van der Waals surface area contributed by atoms with E-state index in [9.17, 15) is 4.79 Å². The Morgan fingerprint density at radius 3 is 2.50 bits per heavy atom. The topological polar surface area (TPSA) is 49.8 Å². The van der Waals surface area contributed by atoms with Gasteiger partial charge in [-0.15, -0.1) is 0 Å². The number of hydrogen-bond donors (Lipinski definition) is 1. The molecule has 4 nitrogen and oxygen atoms in total. The van der Waals surface area contributed by atoms with Crippen LogP contribution in [0.5, 0.6) is 0 Å². The standard InChI is InChI=1S/C16H23NO3/c1-12(2)20-11-13-3-5-14(6-4-13)16(19)17(9-10-18)15-7-8-15/h3-6,12,15,18H,7-11H2,1-2H3. The monoisotopic (exact) mass is 277 g/mol. The lowest BCUT2D eigenvalue weighted by molar-refractivity contribution is 0.0654. The van der Waals surface area contributed by atoms with Gasteiger partial charge in [-0.1, -0.05) is 12.1 Å². The van der Waals surface area contributed by atoms with Crippen LogP contribution in [-0.4, -0.2) is 41.2 Å². The Morgan fingerprint density at radius 2 is 2.00 bits per heavy atom. The van der Waals surface area contributed by atoms with Gasteiger partial charge in [0.15, 0.2) is 0 Å². The molecule has 2 rings (SSSR count). The summed E-state index contributed by atoms with van der Waals surface area (Å²) in [7, 11) is 0. The Labute approximate surface area is 120 Å². The summed E-state index contributed by atoms with van der Waals surface area (Å²) >= 11 is 0. The summed E-state index contributed by atoms with van der Waals surface area (Å²) in [5, 5.41) is 9.06. The highest BCUT2D eigenvalue weighted by molar-refractivity contribution is 5.94. The lowest BCUT2D eigenvalue weighted by atomic mass is 10.1. The number of aliphatic hydroxyl groups is 1. The fourth-order valence-electron chi connectivity index (χ4n) is 2.12. The van der Waals surface area contributed by atoms with Gasteiger partial charge in [0.2, 0.25) is 0 Å². The molecule has 1 N–H and O–H groups in total. The van der Waals surface area contributed by atoms with Crippen LogP contribution in [0.25, 0.3) is 0 Å². The van der Waals surface area contributed by atoms with Gasteiger partial charge in [-0.25, -0.2) is 0 Å². The van der Waals surface area contributed by atoms with Crippen molar-refractivity contribution in [2.24, 2.45) is 0 Å². The molecule has 0 heterocycles. The minimum absolute atomic E-state index is 0.0119. The second-order valence-corrected chi connectivity index (χ2v) is 5.51. The average molecular weight is 277 g/mol. The number of carbonyl (C=O) groups excluding carboxylic acids is 1. The van der Waals surface area contributed by atoms with Crippen LogP contribution in [0.1, 0.15) is 42.6 Å². The molecule has 1 aromatic carbocycles. The van der Waals surface area contributed by atoms with Crippen molar-refractivity contribution in [3.8, 4) is 0 Å². The molecule has 1 fully saturated rings. The number of benzene rings is 1. The van der Waals surface area contributed by atoms with E-state index in [1.165, 1.54) is 0 Å². The van der Waals surface area contributed by atoms with Crippen LogP contribution in [0.2, 0.25) is 0 Å². The second-order valence-electron chi connectivity index (χ2n) is 5.51. The first-order valence-electron chi connectivity index (χ1n) is 7.24. The molecule has 0 aliphatic heterocycles. The highest BCUT2D eigenvalue weighted by Crippen LogP contribution is 2.28. The van der Waals surface area contributed by atoms with E-state index in [1.807, 2.05) is 38.1 Å². The van der Waals surface area contributed by atoms with Crippen LogP contribution in [0.4, 0.5) is 0 Å². The highest BCUT2D eigenvalue weighted by Gasteiger charge is 2.32. The molecule has 4 heteroatoms. The maximum Gasteiger partial charge on any atom is 0.254 e. The van der Waals surface area contributed by atoms with Gasteiger partial charge >= 0.3 is 0 Å². The number of carbonyl (C=O) groups is 1. The Morgan fingerprint density at radius 1 is 1.35 bits per heavy atom. The summed E-state index contributed by atoms with van der Waals surface area (Å²) in [6.45, 7) is 5.00. The highest BCUT2D eigenvalue weighted by atomic mass is 16.5. The molecular weight excluding hydrogens is 254 g/mol. The maximum absolute atomic E-state index is 12.4. The van der Waals surface area contributed by atoms with E-state index in [1.54, 1.807) is 4.90 Å². The van der Waals surface area contributed by atoms with Crippen LogP contribution in [0.15, 0.2) is 24.3 Å². The zero-order valence-electron chi connectivity index (χ0n) is 12.2. The summed E-state index contributed by atoms with van der Waals surface area (Å²) in [5.74, 6) is 0.0119.